The van der Waals surface area contributed by atoms with Crippen molar-refractivity contribution in [3.63, 3.8) is 0 Å². The van der Waals surface area contributed by atoms with Crippen LogP contribution in [0.4, 0.5) is 4.79 Å². The van der Waals surface area contributed by atoms with Gasteiger partial charge in [0.05, 0.1) is 31.6 Å². The van der Waals surface area contributed by atoms with Crippen molar-refractivity contribution in [1.82, 2.24) is 4.90 Å². The first-order chi connectivity index (χ1) is 12.2. The fourth-order valence-electron chi connectivity index (χ4n) is 2.67. The molecule has 0 radical (unpaired) electrons. The maximum Gasteiger partial charge on any atom is 0.410 e. The smallest absolute Gasteiger partial charge is 0.410 e. The molecule has 0 aromatic heterocycles. The Morgan fingerprint density at radius 3 is 2.58 bits per heavy atom. The second kappa shape index (κ2) is 8.97. The van der Waals surface area contributed by atoms with Gasteiger partial charge in [-0.25, -0.2) is 4.79 Å². The van der Waals surface area contributed by atoms with Gasteiger partial charge in [0, 0.05) is 0 Å². The standard InChI is InChI=1S/C16H22N2O7S/c1-26(21,22)25-14-7-13(10-23-11-15(17)19)18(8-14)16(20)24-9-12-5-3-2-4-6-12/h2-6,13-14H,7-11H2,1H3,(H2,17,19)/t13-,14+/m0/s1. The summed E-state index contributed by atoms with van der Waals surface area (Å²) in [7, 11) is -3.66. The molecule has 1 aromatic rings. The summed E-state index contributed by atoms with van der Waals surface area (Å²) in [5.41, 5.74) is 5.85. The van der Waals surface area contributed by atoms with E-state index in [9.17, 15) is 18.0 Å². The monoisotopic (exact) mass is 386 g/mol. The van der Waals surface area contributed by atoms with Crippen LogP contribution >= 0.6 is 0 Å². The number of likely N-dealkylation sites (tertiary alicyclic amines) is 1. The average Bonchev–Trinajstić information content (AvgIpc) is 2.94. The zero-order valence-corrected chi connectivity index (χ0v) is 15.2. The number of hydrogen-bond donors (Lipinski definition) is 1. The lowest BCUT2D eigenvalue weighted by Crippen LogP contribution is -2.39. The van der Waals surface area contributed by atoms with Crippen molar-refractivity contribution in [2.75, 3.05) is 26.0 Å². The van der Waals surface area contributed by atoms with Gasteiger partial charge in [0.15, 0.2) is 0 Å². The number of nitrogens with two attached hydrogens (primary N) is 1. The van der Waals surface area contributed by atoms with Crippen LogP contribution in [0.2, 0.25) is 0 Å². The number of carbonyl (C=O) groups is 2. The molecule has 1 aliphatic rings. The molecular weight excluding hydrogens is 364 g/mol. The molecule has 1 saturated heterocycles. The van der Waals surface area contributed by atoms with Crippen molar-refractivity contribution in [3.8, 4) is 0 Å². The number of ether oxygens (including phenoxy) is 2. The van der Waals surface area contributed by atoms with Gasteiger partial charge in [-0.15, -0.1) is 0 Å². The third-order valence-corrected chi connectivity index (χ3v) is 4.30. The Hall–Kier alpha value is -2.17. The molecule has 0 spiro atoms. The highest BCUT2D eigenvalue weighted by Gasteiger charge is 2.38. The summed E-state index contributed by atoms with van der Waals surface area (Å²) in [4.78, 5) is 24.5. The van der Waals surface area contributed by atoms with Crippen LogP contribution in [0.15, 0.2) is 30.3 Å². The van der Waals surface area contributed by atoms with Crippen LogP contribution in [-0.4, -0.2) is 63.5 Å². The minimum absolute atomic E-state index is 0.0208. The summed E-state index contributed by atoms with van der Waals surface area (Å²) in [5.74, 6) is -0.634. The lowest BCUT2D eigenvalue weighted by Gasteiger charge is -2.23. The van der Waals surface area contributed by atoms with Gasteiger partial charge < -0.3 is 20.1 Å². The number of carbonyl (C=O) groups excluding carboxylic acids is 2. The highest BCUT2D eigenvalue weighted by Crippen LogP contribution is 2.23. The van der Waals surface area contributed by atoms with Gasteiger partial charge in [-0.3, -0.25) is 8.98 Å². The van der Waals surface area contributed by atoms with E-state index in [4.69, 9.17) is 19.4 Å². The Balaban J connectivity index is 1.97. The van der Waals surface area contributed by atoms with E-state index in [1.807, 2.05) is 30.3 Å². The van der Waals surface area contributed by atoms with Crippen LogP contribution < -0.4 is 5.73 Å². The molecule has 1 fully saturated rings. The summed E-state index contributed by atoms with van der Waals surface area (Å²) < 4.78 is 38.1. The summed E-state index contributed by atoms with van der Waals surface area (Å²) in [6, 6.07) is 8.67. The van der Waals surface area contributed by atoms with Crippen molar-refractivity contribution in [2.24, 2.45) is 5.73 Å². The van der Waals surface area contributed by atoms with Gasteiger partial charge in [0.2, 0.25) is 5.91 Å². The van der Waals surface area contributed by atoms with Gasteiger partial charge in [-0.05, 0) is 12.0 Å². The van der Waals surface area contributed by atoms with Crippen LogP contribution in [0.5, 0.6) is 0 Å². The number of benzene rings is 1. The molecule has 2 rings (SSSR count). The number of hydrogen-bond acceptors (Lipinski definition) is 7. The molecule has 0 unspecified atom stereocenters. The van der Waals surface area contributed by atoms with Gasteiger partial charge in [-0.2, -0.15) is 8.42 Å². The van der Waals surface area contributed by atoms with E-state index in [1.165, 1.54) is 4.90 Å². The fraction of sp³-hybridized carbons (Fsp3) is 0.500. The third kappa shape index (κ3) is 6.62. The summed E-state index contributed by atoms with van der Waals surface area (Å²) in [5, 5.41) is 0. The van der Waals surface area contributed by atoms with Crippen molar-refractivity contribution >= 4 is 22.1 Å². The number of rotatable bonds is 8. The lowest BCUT2D eigenvalue weighted by molar-refractivity contribution is -0.122. The van der Waals surface area contributed by atoms with Crippen molar-refractivity contribution < 1.29 is 31.7 Å². The highest BCUT2D eigenvalue weighted by atomic mass is 32.2. The molecule has 2 atom stereocenters. The summed E-state index contributed by atoms with van der Waals surface area (Å²) in [6.45, 7) is -0.137. The molecule has 10 heteroatoms. The quantitative estimate of drug-likeness (QED) is 0.635. The average molecular weight is 386 g/mol. The Kier molecular flexibility index (Phi) is 6.95. The number of nitrogens with zero attached hydrogens (tertiary/aromatic N) is 1. The molecule has 2 amide bonds. The lowest BCUT2D eigenvalue weighted by atomic mass is 10.2. The SMILES string of the molecule is CS(=O)(=O)O[C@@H]1C[C@@H](COCC(N)=O)N(C(=O)OCc2ccccc2)C1. The number of primary amides is 1. The van der Waals surface area contributed by atoms with E-state index in [-0.39, 0.29) is 32.8 Å². The first-order valence-electron chi connectivity index (χ1n) is 7.96. The van der Waals surface area contributed by atoms with Crippen molar-refractivity contribution in [2.45, 2.75) is 25.2 Å². The Morgan fingerprint density at radius 2 is 1.96 bits per heavy atom. The minimum atomic E-state index is -3.66. The van der Waals surface area contributed by atoms with Crippen LogP contribution in [-0.2, 0) is 35.2 Å². The van der Waals surface area contributed by atoms with Gasteiger partial charge >= 0.3 is 6.09 Å². The molecule has 0 bridgehead atoms. The van der Waals surface area contributed by atoms with Crippen LogP contribution in [0.3, 0.4) is 0 Å². The number of amides is 2. The first kappa shape index (κ1) is 20.1. The molecule has 26 heavy (non-hydrogen) atoms. The molecule has 144 valence electrons. The molecule has 1 aromatic carbocycles. The molecular formula is C16H22N2O7S. The zero-order chi connectivity index (χ0) is 19.2. The summed E-state index contributed by atoms with van der Waals surface area (Å²) >= 11 is 0. The highest BCUT2D eigenvalue weighted by molar-refractivity contribution is 7.86. The molecule has 9 nitrogen and oxygen atoms in total. The van der Waals surface area contributed by atoms with E-state index in [0.717, 1.165) is 11.8 Å². The van der Waals surface area contributed by atoms with E-state index in [1.54, 1.807) is 0 Å². The molecule has 2 N–H and O–H groups in total. The summed E-state index contributed by atoms with van der Waals surface area (Å²) in [6.07, 6.45) is -0.119. The maximum atomic E-state index is 12.4. The predicted octanol–water partition coefficient (Wildman–Crippen LogP) is 0.244. The Bertz CT molecular complexity index is 723. The van der Waals surface area contributed by atoms with E-state index in [0.29, 0.717) is 0 Å². The molecule has 1 heterocycles. The topological polar surface area (TPSA) is 125 Å². The third-order valence-electron chi connectivity index (χ3n) is 3.68. The maximum absolute atomic E-state index is 12.4. The fourth-order valence-corrected chi connectivity index (χ4v) is 3.30. The van der Waals surface area contributed by atoms with Crippen LogP contribution in [0, 0.1) is 0 Å². The van der Waals surface area contributed by atoms with E-state index >= 15 is 0 Å². The van der Waals surface area contributed by atoms with Gasteiger partial charge in [0.25, 0.3) is 10.1 Å². The normalized spacial score (nSPS) is 20.1. The second-order valence-electron chi connectivity index (χ2n) is 5.99. The van der Waals surface area contributed by atoms with Gasteiger partial charge in [0.1, 0.15) is 13.2 Å². The Labute approximate surface area is 152 Å². The van der Waals surface area contributed by atoms with E-state index < -0.39 is 34.3 Å². The first-order valence-corrected chi connectivity index (χ1v) is 9.78. The van der Waals surface area contributed by atoms with Crippen molar-refractivity contribution in [3.05, 3.63) is 35.9 Å². The van der Waals surface area contributed by atoms with E-state index in [2.05, 4.69) is 0 Å². The van der Waals surface area contributed by atoms with Crippen LogP contribution in [0.25, 0.3) is 0 Å². The Morgan fingerprint density at radius 1 is 1.27 bits per heavy atom. The van der Waals surface area contributed by atoms with Crippen LogP contribution in [0.1, 0.15) is 12.0 Å². The molecule has 1 aliphatic heterocycles. The largest absolute Gasteiger partial charge is 0.445 e. The molecule has 0 saturated carbocycles. The predicted molar refractivity (Wildman–Crippen MR) is 91.5 cm³/mol. The minimum Gasteiger partial charge on any atom is -0.445 e. The van der Waals surface area contributed by atoms with Gasteiger partial charge in [-0.1, -0.05) is 30.3 Å². The van der Waals surface area contributed by atoms with Crippen molar-refractivity contribution in [1.29, 1.82) is 0 Å². The zero-order valence-electron chi connectivity index (χ0n) is 14.4. The molecule has 0 aliphatic carbocycles. The second-order valence-corrected chi connectivity index (χ2v) is 7.59.